The van der Waals surface area contributed by atoms with Gasteiger partial charge in [-0.25, -0.2) is 4.98 Å². The number of pyridine rings is 1. The zero-order valence-electron chi connectivity index (χ0n) is 15.9. The maximum atomic E-state index is 13.0. The summed E-state index contributed by atoms with van der Waals surface area (Å²) in [5.41, 5.74) is 1.55. The van der Waals surface area contributed by atoms with E-state index in [9.17, 15) is 9.59 Å². The van der Waals surface area contributed by atoms with Gasteiger partial charge in [0.15, 0.2) is 0 Å². The Balaban J connectivity index is 1.44. The van der Waals surface area contributed by atoms with Crippen molar-refractivity contribution in [1.29, 1.82) is 0 Å². The SMILES string of the molecule is O=C(CCC(=O)N1Cc2ccccc2Oc2ncccc21)NC1CCCCC1. The Hall–Kier alpha value is -2.89. The largest absolute Gasteiger partial charge is 0.437 e. The molecule has 0 atom stereocenters. The molecule has 1 aromatic carbocycles. The number of ether oxygens (including phenoxy) is 1. The lowest BCUT2D eigenvalue weighted by molar-refractivity contribution is -0.125. The fourth-order valence-electron chi connectivity index (χ4n) is 3.88. The average Bonchev–Trinajstić information content (AvgIpc) is 2.89. The number of amides is 2. The van der Waals surface area contributed by atoms with Crippen molar-refractivity contribution in [3.05, 3.63) is 48.2 Å². The molecule has 0 bridgehead atoms. The highest BCUT2D eigenvalue weighted by molar-refractivity contribution is 5.96. The molecule has 2 aromatic rings. The number of hydrogen-bond donors (Lipinski definition) is 1. The zero-order valence-corrected chi connectivity index (χ0v) is 15.9. The monoisotopic (exact) mass is 379 g/mol. The van der Waals surface area contributed by atoms with Crippen LogP contribution in [0.25, 0.3) is 0 Å². The fourth-order valence-corrected chi connectivity index (χ4v) is 3.88. The highest BCUT2D eigenvalue weighted by Gasteiger charge is 2.26. The quantitative estimate of drug-likeness (QED) is 0.873. The molecule has 0 spiro atoms. The van der Waals surface area contributed by atoms with E-state index < -0.39 is 0 Å². The summed E-state index contributed by atoms with van der Waals surface area (Å²) in [6, 6.07) is 11.5. The van der Waals surface area contributed by atoms with Gasteiger partial charge in [-0.05, 0) is 31.0 Å². The Morgan fingerprint density at radius 2 is 1.89 bits per heavy atom. The van der Waals surface area contributed by atoms with Crippen molar-refractivity contribution in [3.63, 3.8) is 0 Å². The van der Waals surface area contributed by atoms with Gasteiger partial charge in [-0.1, -0.05) is 37.5 Å². The molecule has 1 fully saturated rings. The number of nitrogens with one attached hydrogen (secondary N) is 1. The number of anilines is 1. The molecule has 1 aliphatic carbocycles. The first-order valence-electron chi connectivity index (χ1n) is 10.0. The molecule has 2 aliphatic rings. The van der Waals surface area contributed by atoms with Crippen LogP contribution in [0.1, 0.15) is 50.5 Å². The molecular weight excluding hydrogens is 354 g/mol. The van der Waals surface area contributed by atoms with Crippen molar-refractivity contribution in [2.75, 3.05) is 4.90 Å². The van der Waals surface area contributed by atoms with Gasteiger partial charge >= 0.3 is 0 Å². The van der Waals surface area contributed by atoms with Gasteiger partial charge in [0.05, 0.1) is 6.54 Å². The van der Waals surface area contributed by atoms with E-state index >= 15 is 0 Å². The maximum absolute atomic E-state index is 13.0. The molecule has 4 rings (SSSR count). The Kier molecular flexibility index (Phi) is 5.55. The van der Waals surface area contributed by atoms with Crippen LogP contribution in [0, 0.1) is 0 Å². The van der Waals surface area contributed by atoms with Gasteiger partial charge < -0.3 is 15.0 Å². The summed E-state index contributed by atoms with van der Waals surface area (Å²) in [6.07, 6.45) is 7.67. The lowest BCUT2D eigenvalue weighted by atomic mass is 9.95. The van der Waals surface area contributed by atoms with E-state index in [0.29, 0.717) is 23.9 Å². The first-order chi connectivity index (χ1) is 13.7. The molecule has 146 valence electrons. The van der Waals surface area contributed by atoms with Crippen molar-refractivity contribution in [3.8, 4) is 11.6 Å². The van der Waals surface area contributed by atoms with Gasteiger partial charge in [0.2, 0.25) is 17.7 Å². The van der Waals surface area contributed by atoms with Crippen molar-refractivity contribution >= 4 is 17.5 Å². The van der Waals surface area contributed by atoms with Crippen molar-refractivity contribution in [1.82, 2.24) is 10.3 Å². The third-order valence-electron chi connectivity index (χ3n) is 5.39. The van der Waals surface area contributed by atoms with Gasteiger partial charge in [0, 0.05) is 30.6 Å². The number of fused-ring (bicyclic) bond motifs is 2. The van der Waals surface area contributed by atoms with E-state index in [-0.39, 0.29) is 30.7 Å². The highest BCUT2D eigenvalue weighted by atomic mass is 16.5. The first-order valence-corrected chi connectivity index (χ1v) is 10.0. The van der Waals surface area contributed by atoms with Crippen LogP contribution >= 0.6 is 0 Å². The summed E-state index contributed by atoms with van der Waals surface area (Å²) in [5.74, 6) is 0.965. The molecule has 6 nitrogen and oxygen atoms in total. The fraction of sp³-hybridized carbons (Fsp3) is 0.409. The molecule has 6 heteroatoms. The number of rotatable bonds is 4. The summed E-state index contributed by atoms with van der Waals surface area (Å²) >= 11 is 0. The molecule has 1 N–H and O–H groups in total. The van der Waals surface area contributed by atoms with Crippen LogP contribution in [0.4, 0.5) is 5.69 Å². The predicted octanol–water partition coefficient (Wildman–Crippen LogP) is 3.95. The minimum atomic E-state index is -0.103. The molecule has 0 radical (unpaired) electrons. The van der Waals surface area contributed by atoms with E-state index in [1.165, 1.54) is 19.3 Å². The summed E-state index contributed by atoms with van der Waals surface area (Å²) in [7, 11) is 0. The van der Waals surface area contributed by atoms with Crippen LogP contribution in [-0.4, -0.2) is 22.8 Å². The molecule has 1 aromatic heterocycles. The van der Waals surface area contributed by atoms with Crippen LogP contribution in [0.15, 0.2) is 42.6 Å². The third kappa shape index (κ3) is 4.16. The van der Waals surface area contributed by atoms with Crippen LogP contribution in [0.2, 0.25) is 0 Å². The predicted molar refractivity (Wildman–Crippen MR) is 106 cm³/mol. The molecule has 0 saturated heterocycles. The van der Waals surface area contributed by atoms with E-state index in [0.717, 1.165) is 18.4 Å². The number of hydrogen-bond acceptors (Lipinski definition) is 4. The normalized spacial score (nSPS) is 16.4. The molecule has 2 amide bonds. The number of aromatic nitrogens is 1. The number of para-hydroxylation sites is 1. The van der Waals surface area contributed by atoms with Gasteiger partial charge in [-0.15, -0.1) is 0 Å². The second-order valence-corrected chi connectivity index (χ2v) is 7.42. The van der Waals surface area contributed by atoms with Crippen LogP contribution in [0.3, 0.4) is 0 Å². The summed E-state index contributed by atoms with van der Waals surface area (Å²) in [5, 5.41) is 3.08. The summed E-state index contributed by atoms with van der Waals surface area (Å²) < 4.78 is 5.92. The van der Waals surface area contributed by atoms with Gasteiger partial charge in [0.1, 0.15) is 11.4 Å². The third-order valence-corrected chi connectivity index (χ3v) is 5.39. The minimum Gasteiger partial charge on any atom is -0.437 e. The van der Waals surface area contributed by atoms with Gasteiger partial charge in [-0.3, -0.25) is 9.59 Å². The molecule has 1 saturated carbocycles. The van der Waals surface area contributed by atoms with Crippen LogP contribution < -0.4 is 15.0 Å². The van der Waals surface area contributed by atoms with E-state index in [4.69, 9.17) is 4.74 Å². The number of nitrogens with zero attached hydrogens (tertiary/aromatic N) is 2. The molecule has 28 heavy (non-hydrogen) atoms. The maximum Gasteiger partial charge on any atom is 0.243 e. The highest BCUT2D eigenvalue weighted by Crippen LogP contribution is 2.37. The standard InChI is InChI=1S/C22H25N3O3/c26-20(24-17-8-2-1-3-9-17)12-13-21(27)25-15-16-7-4-5-11-19(16)28-22-18(25)10-6-14-23-22/h4-7,10-11,14,17H,1-3,8-9,12-13,15H2,(H,24,26). The minimum absolute atomic E-state index is 0.0434. The second kappa shape index (κ2) is 8.42. The zero-order chi connectivity index (χ0) is 19.3. The van der Waals surface area contributed by atoms with E-state index in [1.54, 1.807) is 17.2 Å². The number of carbonyl (C=O) groups is 2. The Bertz CT molecular complexity index is 862. The number of carbonyl (C=O) groups excluding carboxylic acids is 2. The Labute approximate surface area is 164 Å². The molecule has 2 heterocycles. The van der Waals surface area contributed by atoms with Crippen molar-refractivity contribution < 1.29 is 14.3 Å². The van der Waals surface area contributed by atoms with E-state index in [2.05, 4.69) is 10.3 Å². The smallest absolute Gasteiger partial charge is 0.243 e. The van der Waals surface area contributed by atoms with E-state index in [1.807, 2.05) is 30.3 Å². The van der Waals surface area contributed by atoms with Crippen molar-refractivity contribution in [2.24, 2.45) is 0 Å². The topological polar surface area (TPSA) is 71.5 Å². The van der Waals surface area contributed by atoms with Gasteiger partial charge in [-0.2, -0.15) is 0 Å². The summed E-state index contributed by atoms with van der Waals surface area (Å²) in [6.45, 7) is 0.401. The van der Waals surface area contributed by atoms with Gasteiger partial charge in [0.25, 0.3) is 0 Å². The first kappa shape index (κ1) is 18.5. The second-order valence-electron chi connectivity index (χ2n) is 7.42. The lowest BCUT2D eigenvalue weighted by Crippen LogP contribution is -2.37. The molecule has 1 aliphatic heterocycles. The average molecular weight is 379 g/mol. The molecule has 0 unspecified atom stereocenters. The van der Waals surface area contributed by atoms with Crippen LogP contribution in [-0.2, 0) is 16.1 Å². The van der Waals surface area contributed by atoms with Crippen molar-refractivity contribution in [2.45, 2.75) is 57.5 Å². The molecular formula is C22H25N3O3. The summed E-state index contributed by atoms with van der Waals surface area (Å²) in [4.78, 5) is 31.2. The number of benzene rings is 1. The lowest BCUT2D eigenvalue weighted by Gasteiger charge is -2.23. The Morgan fingerprint density at radius 3 is 2.75 bits per heavy atom. The van der Waals surface area contributed by atoms with Crippen LogP contribution in [0.5, 0.6) is 11.6 Å². The Morgan fingerprint density at radius 1 is 1.07 bits per heavy atom.